The fraction of sp³-hybridized carbons (Fsp3) is 0.375. The van der Waals surface area contributed by atoms with Gasteiger partial charge in [0.25, 0.3) is 6.43 Å². The molecule has 0 bridgehead atoms. The first-order chi connectivity index (χ1) is 6.18. The smallest absolute Gasteiger partial charge is 0.261 e. The van der Waals surface area contributed by atoms with E-state index in [9.17, 15) is 8.78 Å². The third-order valence-corrected chi connectivity index (χ3v) is 1.51. The molecule has 0 unspecified atom stereocenters. The normalized spacial score (nSPS) is 10.8. The molecule has 0 atom stereocenters. The number of hydrogen-bond donors (Lipinski definition) is 0. The topological polar surface area (TPSA) is 22.1 Å². The van der Waals surface area contributed by atoms with Crippen molar-refractivity contribution in [1.82, 2.24) is 4.98 Å². The number of alkyl halides is 2. The first-order valence-electron chi connectivity index (χ1n) is 3.65. The summed E-state index contributed by atoms with van der Waals surface area (Å²) < 4.78 is 28.0. The van der Waals surface area contributed by atoms with Crippen LogP contribution in [0.2, 0.25) is 5.02 Å². The Kier molecular flexibility index (Phi) is 4.05. The molecule has 0 radical (unpaired) electrons. The molecule has 0 saturated carbocycles. The summed E-state index contributed by atoms with van der Waals surface area (Å²) in [6.45, 7) is -0.515. The maximum absolute atomic E-state index is 11.6. The lowest BCUT2D eigenvalue weighted by Gasteiger charge is -2.02. The van der Waals surface area contributed by atoms with Gasteiger partial charge in [-0.2, -0.15) is 0 Å². The van der Waals surface area contributed by atoms with Crippen molar-refractivity contribution in [2.75, 3.05) is 6.61 Å². The number of rotatable bonds is 4. The van der Waals surface area contributed by atoms with Crippen LogP contribution in [0.3, 0.4) is 0 Å². The minimum absolute atomic E-state index is 0.0604. The Morgan fingerprint density at radius 3 is 2.92 bits per heavy atom. The zero-order valence-corrected chi connectivity index (χ0v) is 7.47. The third kappa shape index (κ3) is 4.15. The Morgan fingerprint density at radius 2 is 2.31 bits per heavy atom. The highest BCUT2D eigenvalue weighted by atomic mass is 35.5. The summed E-state index contributed by atoms with van der Waals surface area (Å²) in [5.41, 5.74) is 0.549. The maximum atomic E-state index is 11.6. The van der Waals surface area contributed by atoms with Crippen LogP contribution < -0.4 is 0 Å². The third-order valence-electron chi connectivity index (χ3n) is 1.27. The number of ether oxygens (including phenoxy) is 1. The molecule has 72 valence electrons. The Balaban J connectivity index is 2.37. The van der Waals surface area contributed by atoms with Crippen LogP contribution in [0, 0.1) is 0 Å². The van der Waals surface area contributed by atoms with Gasteiger partial charge in [-0.05, 0) is 12.1 Å². The summed E-state index contributed by atoms with van der Waals surface area (Å²) in [5.74, 6) is 0. The van der Waals surface area contributed by atoms with Crippen LogP contribution in [0.5, 0.6) is 0 Å². The van der Waals surface area contributed by atoms with Crippen molar-refractivity contribution in [3.05, 3.63) is 29.0 Å². The Bertz CT molecular complexity index is 270. The summed E-state index contributed by atoms with van der Waals surface area (Å²) in [4.78, 5) is 3.88. The summed E-state index contributed by atoms with van der Waals surface area (Å²) in [6.07, 6.45) is -0.942. The first-order valence-corrected chi connectivity index (χ1v) is 4.02. The van der Waals surface area contributed by atoms with Gasteiger partial charge in [0.1, 0.15) is 6.61 Å². The van der Waals surface area contributed by atoms with Crippen molar-refractivity contribution in [2.45, 2.75) is 13.0 Å². The zero-order valence-electron chi connectivity index (χ0n) is 6.71. The molecule has 0 fully saturated rings. The van der Waals surface area contributed by atoms with Crippen molar-refractivity contribution in [1.29, 1.82) is 0 Å². The Labute approximate surface area is 79.5 Å². The Hall–Kier alpha value is -0.740. The number of pyridine rings is 1. The standard InChI is InChI=1S/C8H8ClF2NO/c9-6-1-2-12-7(3-6)4-13-5-8(10)11/h1-3,8H,4-5H2. The lowest BCUT2D eigenvalue weighted by atomic mass is 10.4. The van der Waals surface area contributed by atoms with Crippen molar-refractivity contribution >= 4 is 11.6 Å². The average Bonchev–Trinajstić information content (AvgIpc) is 2.03. The summed E-state index contributed by atoms with van der Waals surface area (Å²) in [7, 11) is 0. The predicted molar refractivity (Wildman–Crippen MR) is 44.9 cm³/mol. The summed E-state index contributed by atoms with van der Waals surface area (Å²) >= 11 is 5.64. The van der Waals surface area contributed by atoms with E-state index in [0.717, 1.165) is 0 Å². The molecule has 0 amide bonds. The highest BCUT2D eigenvalue weighted by molar-refractivity contribution is 6.30. The van der Waals surface area contributed by atoms with E-state index in [0.29, 0.717) is 10.7 Å². The lowest BCUT2D eigenvalue weighted by molar-refractivity contribution is 0.00884. The second kappa shape index (κ2) is 5.09. The minimum atomic E-state index is -2.45. The van der Waals surface area contributed by atoms with Crippen LogP contribution in [0.15, 0.2) is 18.3 Å². The molecule has 1 aromatic rings. The molecule has 0 aliphatic rings. The minimum Gasteiger partial charge on any atom is -0.369 e. The summed E-state index contributed by atoms with van der Waals surface area (Å²) in [6, 6.07) is 3.19. The van der Waals surface area contributed by atoms with Crippen LogP contribution in [-0.2, 0) is 11.3 Å². The predicted octanol–water partition coefficient (Wildman–Crippen LogP) is 2.52. The van der Waals surface area contributed by atoms with E-state index in [1.165, 1.54) is 6.20 Å². The molecule has 5 heteroatoms. The van der Waals surface area contributed by atoms with E-state index < -0.39 is 13.0 Å². The van der Waals surface area contributed by atoms with Crippen LogP contribution in [0.25, 0.3) is 0 Å². The van der Waals surface area contributed by atoms with Crippen LogP contribution in [0.4, 0.5) is 8.78 Å². The molecule has 0 spiro atoms. The molecule has 13 heavy (non-hydrogen) atoms. The van der Waals surface area contributed by atoms with Crippen molar-refractivity contribution in [3.63, 3.8) is 0 Å². The van der Waals surface area contributed by atoms with Gasteiger partial charge in [-0.25, -0.2) is 8.78 Å². The first kappa shape index (κ1) is 10.3. The molecule has 1 heterocycles. The van der Waals surface area contributed by atoms with Gasteiger partial charge in [-0.3, -0.25) is 4.98 Å². The van der Waals surface area contributed by atoms with E-state index in [1.54, 1.807) is 12.1 Å². The maximum Gasteiger partial charge on any atom is 0.261 e. The highest BCUT2D eigenvalue weighted by Gasteiger charge is 2.02. The molecular formula is C8H8ClF2NO. The molecule has 0 aliphatic heterocycles. The fourth-order valence-corrected chi connectivity index (χ4v) is 0.963. The van der Waals surface area contributed by atoms with Gasteiger partial charge in [0.15, 0.2) is 0 Å². The molecule has 1 rings (SSSR count). The average molecular weight is 208 g/mol. The lowest BCUT2D eigenvalue weighted by Crippen LogP contribution is -2.04. The molecular weight excluding hydrogens is 200 g/mol. The Morgan fingerprint density at radius 1 is 1.54 bits per heavy atom. The van der Waals surface area contributed by atoms with E-state index in [-0.39, 0.29) is 6.61 Å². The number of halogens is 3. The van der Waals surface area contributed by atoms with Gasteiger partial charge in [0.2, 0.25) is 0 Å². The second-order valence-electron chi connectivity index (χ2n) is 2.37. The molecule has 0 N–H and O–H groups in total. The van der Waals surface area contributed by atoms with E-state index in [1.807, 2.05) is 0 Å². The second-order valence-corrected chi connectivity index (χ2v) is 2.81. The van der Waals surface area contributed by atoms with E-state index >= 15 is 0 Å². The molecule has 1 aromatic heterocycles. The van der Waals surface area contributed by atoms with E-state index in [4.69, 9.17) is 11.6 Å². The van der Waals surface area contributed by atoms with Gasteiger partial charge in [-0.15, -0.1) is 0 Å². The largest absolute Gasteiger partial charge is 0.369 e. The van der Waals surface area contributed by atoms with Gasteiger partial charge in [-0.1, -0.05) is 11.6 Å². The monoisotopic (exact) mass is 207 g/mol. The van der Waals surface area contributed by atoms with Gasteiger partial charge in [0.05, 0.1) is 12.3 Å². The van der Waals surface area contributed by atoms with E-state index in [2.05, 4.69) is 9.72 Å². The number of hydrogen-bond acceptors (Lipinski definition) is 2. The summed E-state index contributed by atoms with van der Waals surface area (Å²) in [5, 5.41) is 0.519. The van der Waals surface area contributed by atoms with Crippen LogP contribution in [-0.4, -0.2) is 18.0 Å². The quantitative estimate of drug-likeness (QED) is 0.757. The van der Waals surface area contributed by atoms with Crippen molar-refractivity contribution < 1.29 is 13.5 Å². The van der Waals surface area contributed by atoms with Crippen LogP contribution in [0.1, 0.15) is 5.69 Å². The van der Waals surface area contributed by atoms with Crippen LogP contribution >= 0.6 is 11.6 Å². The van der Waals surface area contributed by atoms with Gasteiger partial charge >= 0.3 is 0 Å². The SMILES string of the molecule is FC(F)COCc1cc(Cl)ccn1. The van der Waals surface area contributed by atoms with Gasteiger partial charge < -0.3 is 4.74 Å². The van der Waals surface area contributed by atoms with Gasteiger partial charge in [0, 0.05) is 11.2 Å². The number of nitrogens with zero attached hydrogens (tertiary/aromatic N) is 1. The molecule has 0 aliphatic carbocycles. The van der Waals surface area contributed by atoms with Crippen molar-refractivity contribution in [2.24, 2.45) is 0 Å². The highest BCUT2D eigenvalue weighted by Crippen LogP contribution is 2.08. The fourth-order valence-electron chi connectivity index (χ4n) is 0.780. The molecule has 0 aromatic carbocycles. The molecule has 2 nitrogen and oxygen atoms in total. The molecule has 0 saturated heterocycles. The zero-order chi connectivity index (χ0) is 9.68. The number of aromatic nitrogens is 1. The van der Waals surface area contributed by atoms with Crippen molar-refractivity contribution in [3.8, 4) is 0 Å².